The van der Waals surface area contributed by atoms with Crippen LogP contribution in [0.15, 0.2) is 0 Å². The zero-order valence-corrected chi connectivity index (χ0v) is 6.93. The Hall–Kier alpha value is -0.570. The number of carbonyl (C=O) groups is 1. The molecule has 1 atom stereocenters. The Morgan fingerprint density at radius 2 is 2.36 bits per heavy atom. The Bertz CT molecular complexity index is 150. The SMILES string of the molecule is CCC1(C(N)=O)CCCCO1. The third kappa shape index (κ3) is 1.53. The molecule has 0 spiro atoms. The van der Waals surface area contributed by atoms with E-state index in [1.54, 1.807) is 0 Å². The van der Waals surface area contributed by atoms with Crippen molar-refractivity contribution in [2.24, 2.45) is 5.73 Å². The average molecular weight is 157 g/mol. The van der Waals surface area contributed by atoms with Crippen LogP contribution in [-0.2, 0) is 9.53 Å². The Balaban J connectivity index is 2.64. The lowest BCUT2D eigenvalue weighted by Gasteiger charge is -2.33. The fourth-order valence-electron chi connectivity index (χ4n) is 1.50. The van der Waals surface area contributed by atoms with Crippen LogP contribution < -0.4 is 5.73 Å². The molecule has 1 fully saturated rings. The molecule has 3 heteroatoms. The van der Waals surface area contributed by atoms with E-state index in [4.69, 9.17) is 10.5 Å². The lowest BCUT2D eigenvalue weighted by atomic mass is 9.90. The van der Waals surface area contributed by atoms with Gasteiger partial charge < -0.3 is 10.5 Å². The molecular weight excluding hydrogens is 142 g/mol. The van der Waals surface area contributed by atoms with Crippen LogP contribution in [0.2, 0.25) is 0 Å². The van der Waals surface area contributed by atoms with Crippen molar-refractivity contribution in [2.45, 2.75) is 38.2 Å². The first-order valence-corrected chi connectivity index (χ1v) is 4.15. The van der Waals surface area contributed by atoms with E-state index in [1.807, 2.05) is 6.92 Å². The fraction of sp³-hybridized carbons (Fsp3) is 0.875. The van der Waals surface area contributed by atoms with Crippen LogP contribution in [0.4, 0.5) is 0 Å². The minimum Gasteiger partial charge on any atom is -0.367 e. The van der Waals surface area contributed by atoms with Crippen LogP contribution in [0.25, 0.3) is 0 Å². The van der Waals surface area contributed by atoms with Gasteiger partial charge in [-0.2, -0.15) is 0 Å². The van der Waals surface area contributed by atoms with E-state index in [1.165, 1.54) is 0 Å². The molecule has 64 valence electrons. The van der Waals surface area contributed by atoms with Gasteiger partial charge in [0.15, 0.2) is 0 Å². The summed E-state index contributed by atoms with van der Waals surface area (Å²) >= 11 is 0. The lowest BCUT2D eigenvalue weighted by Crippen LogP contribution is -2.47. The van der Waals surface area contributed by atoms with E-state index < -0.39 is 5.60 Å². The number of nitrogens with two attached hydrogens (primary N) is 1. The van der Waals surface area contributed by atoms with Gasteiger partial charge in [-0.05, 0) is 25.7 Å². The minimum absolute atomic E-state index is 0.306. The van der Waals surface area contributed by atoms with E-state index in [9.17, 15) is 4.79 Å². The van der Waals surface area contributed by atoms with Gasteiger partial charge >= 0.3 is 0 Å². The molecule has 0 radical (unpaired) electrons. The van der Waals surface area contributed by atoms with Crippen molar-refractivity contribution < 1.29 is 9.53 Å². The summed E-state index contributed by atoms with van der Waals surface area (Å²) in [6.45, 7) is 2.62. The topological polar surface area (TPSA) is 52.3 Å². The highest BCUT2D eigenvalue weighted by molar-refractivity contribution is 5.83. The highest BCUT2D eigenvalue weighted by Gasteiger charge is 2.37. The molecule has 0 aromatic carbocycles. The van der Waals surface area contributed by atoms with Crippen LogP contribution >= 0.6 is 0 Å². The molecule has 0 aromatic heterocycles. The molecule has 0 bridgehead atoms. The monoisotopic (exact) mass is 157 g/mol. The summed E-state index contributed by atoms with van der Waals surface area (Å²) in [5.41, 5.74) is 4.61. The van der Waals surface area contributed by atoms with E-state index in [0.29, 0.717) is 13.0 Å². The molecule has 1 unspecified atom stereocenters. The van der Waals surface area contributed by atoms with Crippen molar-refractivity contribution >= 4 is 5.91 Å². The maximum Gasteiger partial charge on any atom is 0.249 e. The largest absolute Gasteiger partial charge is 0.367 e. The highest BCUT2D eigenvalue weighted by atomic mass is 16.5. The zero-order chi connectivity index (χ0) is 8.32. The van der Waals surface area contributed by atoms with E-state index >= 15 is 0 Å². The van der Waals surface area contributed by atoms with Crippen molar-refractivity contribution in [3.8, 4) is 0 Å². The van der Waals surface area contributed by atoms with Gasteiger partial charge in [0, 0.05) is 6.61 Å². The summed E-state index contributed by atoms with van der Waals surface area (Å²) in [7, 11) is 0. The van der Waals surface area contributed by atoms with Crippen LogP contribution in [0.1, 0.15) is 32.6 Å². The molecule has 1 rings (SSSR count). The summed E-state index contributed by atoms with van der Waals surface area (Å²) in [4.78, 5) is 11.0. The Morgan fingerprint density at radius 1 is 1.64 bits per heavy atom. The number of amides is 1. The summed E-state index contributed by atoms with van der Waals surface area (Å²) in [5.74, 6) is -0.306. The standard InChI is InChI=1S/C8H15NO2/c1-2-8(7(9)10)5-3-4-6-11-8/h2-6H2,1H3,(H2,9,10). The molecular formula is C8H15NO2. The van der Waals surface area contributed by atoms with Crippen LogP contribution in [0, 0.1) is 0 Å². The molecule has 3 nitrogen and oxygen atoms in total. The van der Waals surface area contributed by atoms with Gasteiger partial charge in [-0.3, -0.25) is 4.79 Å². The van der Waals surface area contributed by atoms with E-state index in [-0.39, 0.29) is 5.91 Å². The second kappa shape index (κ2) is 3.22. The maximum atomic E-state index is 11.0. The Morgan fingerprint density at radius 3 is 2.64 bits per heavy atom. The van der Waals surface area contributed by atoms with Gasteiger partial charge in [0.2, 0.25) is 5.91 Å². The van der Waals surface area contributed by atoms with Crippen LogP contribution in [0.5, 0.6) is 0 Å². The number of rotatable bonds is 2. The van der Waals surface area contributed by atoms with Gasteiger partial charge in [0.05, 0.1) is 0 Å². The average Bonchev–Trinajstić information content (AvgIpc) is 2.05. The molecule has 0 aromatic rings. The van der Waals surface area contributed by atoms with Gasteiger partial charge in [0.25, 0.3) is 0 Å². The molecule has 1 aliphatic heterocycles. The first-order chi connectivity index (χ1) is 5.21. The van der Waals surface area contributed by atoms with Crippen LogP contribution in [-0.4, -0.2) is 18.1 Å². The number of primary amides is 1. The van der Waals surface area contributed by atoms with Crippen LogP contribution in [0.3, 0.4) is 0 Å². The molecule has 1 amide bonds. The molecule has 1 aliphatic rings. The zero-order valence-electron chi connectivity index (χ0n) is 6.93. The third-order valence-electron chi connectivity index (χ3n) is 2.37. The van der Waals surface area contributed by atoms with Crippen molar-refractivity contribution in [3.63, 3.8) is 0 Å². The summed E-state index contributed by atoms with van der Waals surface area (Å²) in [6, 6.07) is 0. The first-order valence-electron chi connectivity index (χ1n) is 4.15. The molecule has 1 heterocycles. The molecule has 0 saturated carbocycles. The molecule has 0 aliphatic carbocycles. The predicted octanol–water partition coefficient (Wildman–Crippen LogP) is 0.821. The van der Waals surface area contributed by atoms with Crippen molar-refractivity contribution in [1.29, 1.82) is 0 Å². The predicted molar refractivity (Wildman–Crippen MR) is 42.0 cm³/mol. The summed E-state index contributed by atoms with van der Waals surface area (Å²) in [5, 5.41) is 0. The van der Waals surface area contributed by atoms with Crippen molar-refractivity contribution in [3.05, 3.63) is 0 Å². The Kier molecular flexibility index (Phi) is 2.49. The fourth-order valence-corrected chi connectivity index (χ4v) is 1.50. The third-order valence-corrected chi connectivity index (χ3v) is 2.37. The number of hydrogen-bond acceptors (Lipinski definition) is 2. The molecule has 11 heavy (non-hydrogen) atoms. The van der Waals surface area contributed by atoms with Gasteiger partial charge in [0.1, 0.15) is 5.60 Å². The second-order valence-corrected chi connectivity index (χ2v) is 3.02. The van der Waals surface area contributed by atoms with E-state index in [0.717, 1.165) is 19.3 Å². The quantitative estimate of drug-likeness (QED) is 0.645. The van der Waals surface area contributed by atoms with Gasteiger partial charge in [-0.15, -0.1) is 0 Å². The number of carbonyl (C=O) groups excluding carboxylic acids is 1. The maximum absolute atomic E-state index is 11.0. The highest BCUT2D eigenvalue weighted by Crippen LogP contribution is 2.27. The van der Waals surface area contributed by atoms with Gasteiger partial charge in [-0.25, -0.2) is 0 Å². The van der Waals surface area contributed by atoms with Gasteiger partial charge in [-0.1, -0.05) is 6.92 Å². The Labute approximate surface area is 66.9 Å². The number of ether oxygens (including phenoxy) is 1. The summed E-state index contributed by atoms with van der Waals surface area (Å²) in [6.07, 6.45) is 3.59. The molecule has 2 N–H and O–H groups in total. The smallest absolute Gasteiger partial charge is 0.249 e. The normalized spacial score (nSPS) is 31.7. The first kappa shape index (κ1) is 8.53. The van der Waals surface area contributed by atoms with Crippen molar-refractivity contribution in [1.82, 2.24) is 0 Å². The lowest BCUT2D eigenvalue weighted by molar-refractivity contribution is -0.150. The number of hydrogen-bond donors (Lipinski definition) is 1. The van der Waals surface area contributed by atoms with E-state index in [2.05, 4.69) is 0 Å². The summed E-state index contributed by atoms with van der Waals surface area (Å²) < 4.78 is 5.40. The minimum atomic E-state index is -0.641. The molecule has 1 saturated heterocycles. The second-order valence-electron chi connectivity index (χ2n) is 3.02. The van der Waals surface area contributed by atoms with Crippen molar-refractivity contribution in [2.75, 3.05) is 6.61 Å².